The molecule has 0 bridgehead atoms. The number of hydrogen-bond acceptors (Lipinski definition) is 3. The summed E-state index contributed by atoms with van der Waals surface area (Å²) in [5.74, 6) is -1.86. The molecule has 1 aromatic heterocycles. The molecule has 0 saturated heterocycles. The Balaban J connectivity index is 1.58. The number of amides is 1. The molecule has 178 valence electrons. The molecule has 3 aromatic carbocycles. The number of nitrogens with zero attached hydrogens (tertiary/aromatic N) is 1. The number of hydrogen-bond donors (Lipinski definition) is 2. The number of carboxylic acid groups (broad SMARTS) is 1. The van der Waals surface area contributed by atoms with Crippen LogP contribution in [0.15, 0.2) is 71.5 Å². The molecule has 1 atom stereocenters. The zero-order chi connectivity index (χ0) is 25.3. The third-order valence-corrected chi connectivity index (χ3v) is 6.51. The smallest absolute Gasteiger partial charge is 0.326 e. The predicted molar refractivity (Wildman–Crippen MR) is 138 cm³/mol. The van der Waals surface area contributed by atoms with Gasteiger partial charge in [0.15, 0.2) is 0 Å². The van der Waals surface area contributed by atoms with Crippen molar-refractivity contribution in [2.45, 2.75) is 19.4 Å². The summed E-state index contributed by atoms with van der Waals surface area (Å²) in [6, 6.07) is 18.3. The van der Waals surface area contributed by atoms with E-state index in [1.165, 1.54) is 12.1 Å². The van der Waals surface area contributed by atoms with Gasteiger partial charge in [-0.15, -0.1) is 0 Å². The molecule has 35 heavy (non-hydrogen) atoms. The molecular formula is C27H22Cl2N2O4. The quantitative estimate of drug-likeness (QED) is 0.372. The van der Waals surface area contributed by atoms with Gasteiger partial charge in [0.2, 0.25) is 0 Å². The van der Waals surface area contributed by atoms with Gasteiger partial charge in [-0.2, -0.15) is 0 Å². The van der Waals surface area contributed by atoms with Crippen LogP contribution in [-0.4, -0.2) is 27.6 Å². The summed E-state index contributed by atoms with van der Waals surface area (Å²) in [4.78, 5) is 37.4. The van der Waals surface area contributed by atoms with Crippen molar-refractivity contribution in [2.24, 2.45) is 7.05 Å². The molecule has 1 amide bonds. The van der Waals surface area contributed by atoms with Gasteiger partial charge in [0.1, 0.15) is 6.04 Å². The van der Waals surface area contributed by atoms with Crippen LogP contribution in [0.5, 0.6) is 0 Å². The summed E-state index contributed by atoms with van der Waals surface area (Å²) in [6.07, 6.45) is 0.0400. The zero-order valence-corrected chi connectivity index (χ0v) is 20.5. The van der Waals surface area contributed by atoms with Gasteiger partial charge in [-0.25, -0.2) is 4.79 Å². The van der Waals surface area contributed by atoms with Crippen LogP contribution in [0.3, 0.4) is 0 Å². The molecule has 0 aliphatic heterocycles. The van der Waals surface area contributed by atoms with Crippen molar-refractivity contribution >= 4 is 46.0 Å². The SMILES string of the molecule is Cc1ccc2c(c1)cc(-c1ccc(C[C@H](NC(=O)c3c(Cl)cccc3Cl)C(=O)O)cc1)c(=O)n2C. The van der Waals surface area contributed by atoms with E-state index in [4.69, 9.17) is 23.2 Å². The number of aliphatic carboxylic acids is 1. The van der Waals surface area contributed by atoms with Gasteiger partial charge in [-0.1, -0.05) is 65.2 Å². The van der Waals surface area contributed by atoms with Gasteiger partial charge in [0.25, 0.3) is 11.5 Å². The van der Waals surface area contributed by atoms with E-state index >= 15 is 0 Å². The van der Waals surface area contributed by atoms with E-state index in [0.29, 0.717) is 11.1 Å². The van der Waals surface area contributed by atoms with Crippen LogP contribution in [0, 0.1) is 6.92 Å². The predicted octanol–water partition coefficient (Wildman–Crippen LogP) is 5.25. The topological polar surface area (TPSA) is 88.4 Å². The number of aryl methyl sites for hydroxylation is 2. The molecular weight excluding hydrogens is 487 g/mol. The summed E-state index contributed by atoms with van der Waals surface area (Å²) in [5, 5.41) is 13.4. The monoisotopic (exact) mass is 508 g/mol. The Kier molecular flexibility index (Phi) is 6.96. The van der Waals surface area contributed by atoms with Crippen molar-refractivity contribution in [3.8, 4) is 11.1 Å². The molecule has 4 rings (SSSR count). The second-order valence-electron chi connectivity index (χ2n) is 8.35. The van der Waals surface area contributed by atoms with Gasteiger partial charge < -0.3 is 15.0 Å². The lowest BCUT2D eigenvalue weighted by molar-refractivity contribution is -0.139. The Morgan fingerprint density at radius 1 is 1.00 bits per heavy atom. The number of aromatic nitrogens is 1. The van der Waals surface area contributed by atoms with Crippen LogP contribution < -0.4 is 10.9 Å². The van der Waals surface area contributed by atoms with Crippen LogP contribution in [0.25, 0.3) is 22.0 Å². The van der Waals surface area contributed by atoms with E-state index in [2.05, 4.69) is 5.32 Å². The molecule has 0 spiro atoms. The molecule has 0 aliphatic carbocycles. The maximum absolute atomic E-state index is 12.9. The fourth-order valence-electron chi connectivity index (χ4n) is 4.01. The molecule has 0 radical (unpaired) electrons. The summed E-state index contributed by atoms with van der Waals surface area (Å²) >= 11 is 12.1. The first-order chi connectivity index (χ1) is 16.7. The van der Waals surface area contributed by atoms with Crippen LogP contribution in [0.2, 0.25) is 10.0 Å². The first-order valence-corrected chi connectivity index (χ1v) is 11.6. The molecule has 6 nitrogen and oxygen atoms in total. The summed E-state index contributed by atoms with van der Waals surface area (Å²) < 4.78 is 1.62. The molecule has 2 N–H and O–H groups in total. The molecule has 4 aromatic rings. The van der Waals surface area contributed by atoms with Crippen LogP contribution in [-0.2, 0) is 18.3 Å². The van der Waals surface area contributed by atoms with E-state index in [-0.39, 0.29) is 27.6 Å². The lowest BCUT2D eigenvalue weighted by Gasteiger charge is -2.16. The van der Waals surface area contributed by atoms with E-state index < -0.39 is 17.9 Å². The largest absolute Gasteiger partial charge is 0.480 e. The minimum atomic E-state index is -1.20. The molecule has 8 heteroatoms. The number of benzene rings is 3. The Morgan fingerprint density at radius 2 is 1.66 bits per heavy atom. The van der Waals surface area contributed by atoms with Gasteiger partial charge in [0.05, 0.1) is 21.1 Å². The fraction of sp³-hybridized carbons (Fsp3) is 0.148. The van der Waals surface area contributed by atoms with E-state index in [0.717, 1.165) is 22.0 Å². The number of halogens is 2. The van der Waals surface area contributed by atoms with Crippen LogP contribution in [0.1, 0.15) is 21.5 Å². The maximum Gasteiger partial charge on any atom is 0.326 e. The number of pyridine rings is 1. The lowest BCUT2D eigenvalue weighted by atomic mass is 9.99. The highest BCUT2D eigenvalue weighted by Crippen LogP contribution is 2.25. The third kappa shape index (κ3) is 5.09. The third-order valence-electron chi connectivity index (χ3n) is 5.88. The number of carbonyl (C=O) groups is 2. The number of nitrogens with one attached hydrogen (secondary N) is 1. The highest BCUT2D eigenvalue weighted by Gasteiger charge is 2.24. The van der Waals surface area contributed by atoms with Crippen molar-refractivity contribution in [1.29, 1.82) is 0 Å². The fourth-order valence-corrected chi connectivity index (χ4v) is 4.58. The Labute approximate surface area is 211 Å². The minimum Gasteiger partial charge on any atom is -0.480 e. The lowest BCUT2D eigenvalue weighted by Crippen LogP contribution is -2.42. The Bertz CT molecular complexity index is 1490. The average molecular weight is 509 g/mol. The number of carbonyl (C=O) groups excluding carboxylic acids is 1. The molecule has 0 aliphatic rings. The number of fused-ring (bicyclic) bond motifs is 1. The van der Waals surface area contributed by atoms with Gasteiger partial charge >= 0.3 is 5.97 Å². The van der Waals surface area contributed by atoms with E-state index in [9.17, 15) is 19.5 Å². The Morgan fingerprint density at radius 3 is 2.29 bits per heavy atom. The van der Waals surface area contributed by atoms with Crippen LogP contribution >= 0.6 is 23.2 Å². The first-order valence-electron chi connectivity index (χ1n) is 10.8. The van der Waals surface area contributed by atoms with Crippen molar-refractivity contribution in [1.82, 2.24) is 9.88 Å². The van der Waals surface area contributed by atoms with Crippen LogP contribution in [0.4, 0.5) is 0 Å². The number of rotatable bonds is 6. The van der Waals surface area contributed by atoms with Gasteiger partial charge in [-0.3, -0.25) is 9.59 Å². The summed E-state index contributed by atoms with van der Waals surface area (Å²) in [5.41, 5.74) is 3.79. The maximum atomic E-state index is 12.9. The van der Waals surface area contributed by atoms with Gasteiger partial charge in [0, 0.05) is 19.0 Å². The minimum absolute atomic E-state index is 0.0276. The Hall–Kier alpha value is -3.61. The second kappa shape index (κ2) is 9.94. The average Bonchev–Trinajstić information content (AvgIpc) is 2.81. The van der Waals surface area contributed by atoms with Crippen molar-refractivity contribution in [2.75, 3.05) is 0 Å². The normalized spacial score (nSPS) is 11.9. The molecule has 0 saturated carbocycles. The van der Waals surface area contributed by atoms with Crippen molar-refractivity contribution < 1.29 is 14.7 Å². The van der Waals surface area contributed by atoms with Crippen molar-refractivity contribution in [3.05, 3.63) is 104 Å². The molecule has 0 fully saturated rings. The number of carboxylic acids is 1. The summed E-state index contributed by atoms with van der Waals surface area (Å²) in [7, 11) is 1.74. The standard InChI is InChI=1S/C27H22Cl2N2O4/c1-15-6-11-23-18(12-15)14-19(26(33)31(23)2)17-9-7-16(8-10-17)13-22(27(34)35)30-25(32)24-20(28)4-3-5-21(24)29/h3-12,14,22H,13H2,1-2H3,(H,30,32)(H,34,35)/t22-/m0/s1. The zero-order valence-electron chi connectivity index (χ0n) is 19.0. The highest BCUT2D eigenvalue weighted by molar-refractivity contribution is 6.39. The van der Waals surface area contributed by atoms with Gasteiger partial charge in [-0.05, 0) is 53.8 Å². The molecule has 1 heterocycles. The van der Waals surface area contributed by atoms with Crippen molar-refractivity contribution in [3.63, 3.8) is 0 Å². The first kappa shape index (κ1) is 24.5. The van der Waals surface area contributed by atoms with E-state index in [1.54, 1.807) is 41.9 Å². The molecule has 0 unspecified atom stereocenters. The van der Waals surface area contributed by atoms with E-state index in [1.807, 2.05) is 31.2 Å². The second-order valence-corrected chi connectivity index (χ2v) is 9.16. The summed E-state index contributed by atoms with van der Waals surface area (Å²) in [6.45, 7) is 2.00. The highest BCUT2D eigenvalue weighted by atomic mass is 35.5.